The van der Waals surface area contributed by atoms with E-state index in [2.05, 4.69) is 15.5 Å². The number of carbonyl (C=O) groups is 1. The molecule has 0 aromatic carbocycles. The fourth-order valence-corrected chi connectivity index (χ4v) is 1.11. The average Bonchev–Trinajstić information content (AvgIpc) is 2.22. The molecule has 15 heavy (non-hydrogen) atoms. The zero-order valence-corrected chi connectivity index (χ0v) is 8.74. The Balaban J connectivity index is 2.73. The van der Waals surface area contributed by atoms with Crippen LogP contribution in [0.2, 0.25) is 0 Å². The van der Waals surface area contributed by atoms with E-state index in [9.17, 15) is 4.79 Å². The lowest BCUT2D eigenvalue weighted by Crippen LogP contribution is -2.25. The number of rotatable bonds is 3. The Hall–Kier alpha value is -1.96. The summed E-state index contributed by atoms with van der Waals surface area (Å²) in [6.45, 7) is 3.86. The van der Waals surface area contributed by atoms with Crippen LogP contribution < -0.4 is 5.32 Å². The van der Waals surface area contributed by atoms with Gasteiger partial charge in [0, 0.05) is 6.54 Å². The first-order valence-corrected chi connectivity index (χ1v) is 4.61. The van der Waals surface area contributed by atoms with Gasteiger partial charge in [-0.1, -0.05) is 0 Å². The summed E-state index contributed by atoms with van der Waals surface area (Å²) in [6, 6.07) is 3.64. The summed E-state index contributed by atoms with van der Waals surface area (Å²) in [4.78, 5) is 11.6. The lowest BCUT2D eigenvalue weighted by molar-refractivity contribution is 0.0953. The van der Waals surface area contributed by atoms with E-state index in [1.165, 1.54) is 0 Å². The van der Waals surface area contributed by atoms with Crippen molar-refractivity contribution in [1.82, 2.24) is 15.5 Å². The number of carbonyl (C=O) groups excluding carboxylic acids is 1. The molecule has 1 N–H and O–H groups in total. The number of hydrogen-bond acceptors (Lipinski definition) is 4. The van der Waals surface area contributed by atoms with Crippen LogP contribution in [-0.4, -0.2) is 22.6 Å². The topological polar surface area (TPSA) is 78.7 Å². The van der Waals surface area contributed by atoms with Crippen molar-refractivity contribution >= 4 is 5.91 Å². The molecule has 5 nitrogen and oxygen atoms in total. The Labute approximate surface area is 88.1 Å². The molecule has 0 aliphatic rings. The van der Waals surface area contributed by atoms with Gasteiger partial charge in [0.05, 0.1) is 29.4 Å². The fourth-order valence-electron chi connectivity index (χ4n) is 1.11. The maximum Gasteiger partial charge on any atom is 0.253 e. The van der Waals surface area contributed by atoms with Crippen LogP contribution >= 0.6 is 0 Å². The molecule has 1 aromatic rings. The van der Waals surface area contributed by atoms with Crippen molar-refractivity contribution in [1.29, 1.82) is 5.26 Å². The van der Waals surface area contributed by atoms with E-state index < -0.39 is 0 Å². The first-order valence-electron chi connectivity index (χ1n) is 4.61. The Morgan fingerprint density at radius 1 is 1.53 bits per heavy atom. The van der Waals surface area contributed by atoms with Gasteiger partial charge in [0.2, 0.25) is 0 Å². The molecule has 0 saturated heterocycles. The van der Waals surface area contributed by atoms with Gasteiger partial charge in [-0.3, -0.25) is 4.79 Å². The summed E-state index contributed by atoms with van der Waals surface area (Å²) < 4.78 is 0. The number of amides is 1. The first kappa shape index (κ1) is 11.1. The van der Waals surface area contributed by atoms with Crippen molar-refractivity contribution in [3.63, 3.8) is 0 Å². The molecule has 0 unspecified atom stereocenters. The van der Waals surface area contributed by atoms with E-state index in [4.69, 9.17) is 5.26 Å². The SMILES string of the molecule is Cc1cc(C(=O)NCCC#N)c(C)nn1. The summed E-state index contributed by atoms with van der Waals surface area (Å²) in [7, 11) is 0. The second kappa shape index (κ2) is 5.05. The van der Waals surface area contributed by atoms with E-state index >= 15 is 0 Å². The molecule has 1 amide bonds. The predicted molar refractivity (Wildman–Crippen MR) is 54.1 cm³/mol. The second-order valence-corrected chi connectivity index (χ2v) is 3.15. The van der Waals surface area contributed by atoms with Gasteiger partial charge >= 0.3 is 0 Å². The summed E-state index contributed by atoms with van der Waals surface area (Å²) >= 11 is 0. The molecule has 1 aromatic heterocycles. The number of hydrogen-bond donors (Lipinski definition) is 1. The number of nitriles is 1. The highest BCUT2D eigenvalue weighted by atomic mass is 16.1. The molecular formula is C10H12N4O. The summed E-state index contributed by atoms with van der Waals surface area (Å²) in [5.74, 6) is -0.208. The summed E-state index contributed by atoms with van der Waals surface area (Å²) in [6.07, 6.45) is 0.308. The number of nitrogens with zero attached hydrogens (tertiary/aromatic N) is 3. The maximum absolute atomic E-state index is 11.6. The third-order valence-corrected chi connectivity index (χ3v) is 1.87. The minimum Gasteiger partial charge on any atom is -0.351 e. The van der Waals surface area contributed by atoms with Crippen LogP contribution in [0.5, 0.6) is 0 Å². The molecule has 0 aliphatic heterocycles. The lowest BCUT2D eigenvalue weighted by Gasteiger charge is -2.05. The molecule has 0 aliphatic carbocycles. The minimum absolute atomic E-state index is 0.208. The van der Waals surface area contributed by atoms with Crippen molar-refractivity contribution in [2.45, 2.75) is 20.3 Å². The summed E-state index contributed by atoms with van der Waals surface area (Å²) in [5.41, 5.74) is 1.81. The van der Waals surface area contributed by atoms with Crippen molar-refractivity contribution in [3.8, 4) is 6.07 Å². The van der Waals surface area contributed by atoms with Gasteiger partial charge in [-0.25, -0.2) is 0 Å². The molecule has 1 heterocycles. The van der Waals surface area contributed by atoms with E-state index in [0.717, 1.165) is 0 Å². The van der Waals surface area contributed by atoms with Crippen molar-refractivity contribution < 1.29 is 4.79 Å². The molecule has 1 rings (SSSR count). The van der Waals surface area contributed by atoms with Gasteiger partial charge in [-0.05, 0) is 19.9 Å². The van der Waals surface area contributed by atoms with Gasteiger partial charge < -0.3 is 5.32 Å². The maximum atomic E-state index is 11.6. The van der Waals surface area contributed by atoms with Crippen LogP contribution in [-0.2, 0) is 0 Å². The molecule has 0 saturated carbocycles. The van der Waals surface area contributed by atoms with E-state index in [1.54, 1.807) is 19.9 Å². The van der Waals surface area contributed by atoms with Crippen molar-refractivity contribution in [3.05, 3.63) is 23.0 Å². The van der Waals surface area contributed by atoms with Crippen LogP contribution in [0.15, 0.2) is 6.07 Å². The molecule has 0 spiro atoms. The zero-order chi connectivity index (χ0) is 11.3. The number of aryl methyl sites for hydroxylation is 2. The molecular weight excluding hydrogens is 192 g/mol. The van der Waals surface area contributed by atoms with Crippen molar-refractivity contribution in [2.24, 2.45) is 0 Å². The van der Waals surface area contributed by atoms with Crippen LogP contribution in [0.3, 0.4) is 0 Å². The average molecular weight is 204 g/mol. The highest BCUT2D eigenvalue weighted by Crippen LogP contribution is 2.04. The molecule has 5 heteroatoms. The largest absolute Gasteiger partial charge is 0.351 e. The fraction of sp³-hybridized carbons (Fsp3) is 0.400. The highest BCUT2D eigenvalue weighted by molar-refractivity contribution is 5.95. The standard InChI is InChI=1S/C10H12N4O/c1-7-6-9(8(2)14-13-7)10(15)12-5-3-4-11/h6H,3,5H2,1-2H3,(H,12,15). The molecule has 0 radical (unpaired) electrons. The monoisotopic (exact) mass is 204 g/mol. The van der Waals surface area contributed by atoms with Crippen LogP contribution in [0.4, 0.5) is 0 Å². The number of aromatic nitrogens is 2. The number of nitrogens with one attached hydrogen (secondary N) is 1. The predicted octanol–water partition coefficient (Wildman–Crippen LogP) is 0.737. The molecule has 0 bridgehead atoms. The van der Waals surface area contributed by atoms with Gasteiger partial charge in [0.1, 0.15) is 0 Å². The quantitative estimate of drug-likeness (QED) is 0.736. The van der Waals surface area contributed by atoms with E-state index in [1.807, 2.05) is 6.07 Å². The van der Waals surface area contributed by atoms with Crippen LogP contribution in [0.25, 0.3) is 0 Å². The molecule has 0 atom stereocenters. The first-order chi connectivity index (χ1) is 7.15. The van der Waals surface area contributed by atoms with Gasteiger partial charge in [0.15, 0.2) is 0 Å². The zero-order valence-electron chi connectivity index (χ0n) is 8.74. The van der Waals surface area contributed by atoms with E-state index in [-0.39, 0.29) is 5.91 Å². The normalized spacial score (nSPS) is 9.40. The smallest absolute Gasteiger partial charge is 0.253 e. The third-order valence-electron chi connectivity index (χ3n) is 1.87. The second-order valence-electron chi connectivity index (χ2n) is 3.15. The highest BCUT2D eigenvalue weighted by Gasteiger charge is 2.09. The minimum atomic E-state index is -0.208. The Kier molecular flexibility index (Phi) is 3.75. The van der Waals surface area contributed by atoms with Gasteiger partial charge in [-0.2, -0.15) is 15.5 Å². The van der Waals surface area contributed by atoms with Crippen LogP contribution in [0, 0.1) is 25.2 Å². The molecule has 78 valence electrons. The Bertz CT molecular complexity index is 408. The third kappa shape index (κ3) is 3.02. The van der Waals surface area contributed by atoms with Crippen molar-refractivity contribution in [2.75, 3.05) is 6.54 Å². The van der Waals surface area contributed by atoms with Gasteiger partial charge in [-0.15, -0.1) is 0 Å². The Morgan fingerprint density at radius 2 is 2.27 bits per heavy atom. The lowest BCUT2D eigenvalue weighted by atomic mass is 10.2. The van der Waals surface area contributed by atoms with Crippen LogP contribution in [0.1, 0.15) is 28.2 Å². The van der Waals surface area contributed by atoms with E-state index in [0.29, 0.717) is 29.9 Å². The summed E-state index contributed by atoms with van der Waals surface area (Å²) in [5, 5.41) is 18.7. The van der Waals surface area contributed by atoms with Gasteiger partial charge in [0.25, 0.3) is 5.91 Å². The Morgan fingerprint density at radius 3 is 2.93 bits per heavy atom. The molecule has 0 fully saturated rings.